The van der Waals surface area contributed by atoms with Crippen LogP contribution in [0.3, 0.4) is 0 Å². The number of hydrogen-bond donors (Lipinski definition) is 2. The highest BCUT2D eigenvalue weighted by molar-refractivity contribution is 6.30. The molecular formula is C20H25ClFN5O4. The van der Waals surface area contributed by atoms with E-state index in [2.05, 4.69) is 20.3 Å². The van der Waals surface area contributed by atoms with E-state index in [0.29, 0.717) is 6.54 Å². The monoisotopic (exact) mass is 453 g/mol. The van der Waals surface area contributed by atoms with Crippen LogP contribution in [0.4, 0.5) is 9.18 Å². The number of aromatic amines is 1. The number of fused-ring (bicyclic) bond motifs is 3. The molecule has 2 aromatic rings. The van der Waals surface area contributed by atoms with Crippen LogP contribution in [0, 0.1) is 5.82 Å². The van der Waals surface area contributed by atoms with Crippen LogP contribution in [-0.4, -0.2) is 62.3 Å². The van der Waals surface area contributed by atoms with Gasteiger partial charge in [0.25, 0.3) is 5.56 Å². The molecule has 2 N–H and O–H groups in total. The SMILES string of the molecule is C[C@H](Oc1nc(Cl)c(F)c2nc[nH]c(=O)c12)[C@H]1NC[C@H]2CC[C@@H]1N2C(=O)OC(C)(C)C. The molecular weight excluding hydrogens is 429 g/mol. The van der Waals surface area contributed by atoms with Crippen molar-refractivity contribution >= 4 is 28.6 Å². The fourth-order valence-corrected chi connectivity index (χ4v) is 4.51. The summed E-state index contributed by atoms with van der Waals surface area (Å²) in [5.74, 6) is -0.984. The van der Waals surface area contributed by atoms with Crippen LogP contribution in [0.1, 0.15) is 40.5 Å². The van der Waals surface area contributed by atoms with Crippen LogP contribution in [0.2, 0.25) is 5.15 Å². The van der Waals surface area contributed by atoms with Crippen molar-refractivity contribution in [3.05, 3.63) is 27.7 Å². The van der Waals surface area contributed by atoms with Crippen LogP contribution in [0.5, 0.6) is 5.88 Å². The van der Waals surface area contributed by atoms with Crippen molar-refractivity contribution < 1.29 is 18.7 Å². The van der Waals surface area contributed by atoms with Crippen molar-refractivity contribution in [3.8, 4) is 5.88 Å². The minimum Gasteiger partial charge on any atom is -0.472 e. The zero-order chi connectivity index (χ0) is 22.5. The van der Waals surface area contributed by atoms with E-state index in [-0.39, 0.29) is 41.0 Å². The fraction of sp³-hybridized carbons (Fsp3) is 0.600. The molecule has 2 fully saturated rings. The standard InChI is InChI=1S/C20H25ClFN5O4/c1-9(30-18-12-15(13(22)16(21)26-18)24-8-25-17(12)28)14-11-6-5-10(7-23-14)27(11)19(29)31-20(2,3)4/h8-11,14,23H,5-7H2,1-4H3,(H,24,25,28)/t9-,10+,11-,14+/m0/s1. The van der Waals surface area contributed by atoms with Crippen LogP contribution in [-0.2, 0) is 4.74 Å². The third-order valence-electron chi connectivity index (χ3n) is 5.61. The van der Waals surface area contributed by atoms with E-state index in [9.17, 15) is 14.0 Å². The molecule has 0 radical (unpaired) electrons. The molecule has 1 amide bonds. The lowest BCUT2D eigenvalue weighted by Gasteiger charge is -2.42. The Bertz CT molecular complexity index is 1070. The Morgan fingerprint density at radius 3 is 2.84 bits per heavy atom. The van der Waals surface area contributed by atoms with Crippen LogP contribution < -0.4 is 15.6 Å². The normalized spacial score (nSPS) is 24.3. The molecule has 168 valence electrons. The summed E-state index contributed by atoms with van der Waals surface area (Å²) in [4.78, 5) is 37.1. The molecule has 2 aliphatic rings. The van der Waals surface area contributed by atoms with Crippen molar-refractivity contribution in [3.63, 3.8) is 0 Å². The maximum Gasteiger partial charge on any atom is 0.410 e. The summed E-state index contributed by atoms with van der Waals surface area (Å²) in [7, 11) is 0. The number of H-pyrrole nitrogens is 1. The highest BCUT2D eigenvalue weighted by atomic mass is 35.5. The molecule has 2 saturated heterocycles. The number of pyridine rings is 1. The van der Waals surface area contributed by atoms with E-state index in [0.717, 1.165) is 19.2 Å². The first kappa shape index (κ1) is 21.8. The number of aromatic nitrogens is 3. The van der Waals surface area contributed by atoms with Crippen molar-refractivity contribution in [2.45, 2.75) is 70.4 Å². The number of piperazine rings is 1. The zero-order valence-electron chi connectivity index (χ0n) is 17.7. The van der Waals surface area contributed by atoms with E-state index in [1.54, 1.807) is 11.8 Å². The Kier molecular flexibility index (Phi) is 5.55. The van der Waals surface area contributed by atoms with Gasteiger partial charge >= 0.3 is 6.09 Å². The molecule has 9 nitrogen and oxygen atoms in total. The molecule has 31 heavy (non-hydrogen) atoms. The van der Waals surface area contributed by atoms with Gasteiger partial charge in [-0.05, 0) is 40.5 Å². The summed E-state index contributed by atoms with van der Waals surface area (Å²) in [6.45, 7) is 7.89. The predicted octanol–water partition coefficient (Wildman–Crippen LogP) is 2.62. The zero-order valence-corrected chi connectivity index (χ0v) is 18.5. The number of nitrogens with zero attached hydrogens (tertiary/aromatic N) is 3. The van der Waals surface area contributed by atoms with Crippen molar-refractivity contribution in [2.75, 3.05) is 6.54 Å². The molecule has 0 aliphatic carbocycles. The average Bonchev–Trinajstić information content (AvgIpc) is 2.97. The summed E-state index contributed by atoms with van der Waals surface area (Å²) < 4.78 is 25.9. The number of halogens is 2. The van der Waals surface area contributed by atoms with Gasteiger partial charge in [-0.15, -0.1) is 0 Å². The van der Waals surface area contributed by atoms with Crippen LogP contribution in [0.15, 0.2) is 11.1 Å². The largest absolute Gasteiger partial charge is 0.472 e. The molecule has 0 saturated carbocycles. The van der Waals surface area contributed by atoms with Gasteiger partial charge in [-0.2, -0.15) is 4.98 Å². The van der Waals surface area contributed by atoms with E-state index in [1.165, 1.54) is 0 Å². The van der Waals surface area contributed by atoms with Gasteiger partial charge in [0.2, 0.25) is 5.88 Å². The van der Waals surface area contributed by atoms with Gasteiger partial charge in [-0.3, -0.25) is 9.69 Å². The Morgan fingerprint density at radius 1 is 1.39 bits per heavy atom. The number of rotatable bonds is 3. The molecule has 4 heterocycles. The van der Waals surface area contributed by atoms with Gasteiger partial charge in [0, 0.05) is 12.6 Å². The second-order valence-electron chi connectivity index (χ2n) is 8.92. The van der Waals surface area contributed by atoms with Crippen LogP contribution in [0.25, 0.3) is 10.9 Å². The fourth-order valence-electron chi connectivity index (χ4n) is 4.34. The lowest BCUT2D eigenvalue weighted by Crippen LogP contribution is -2.64. The van der Waals surface area contributed by atoms with Gasteiger partial charge < -0.3 is 19.8 Å². The van der Waals surface area contributed by atoms with E-state index < -0.39 is 28.2 Å². The van der Waals surface area contributed by atoms with E-state index in [1.807, 2.05) is 20.8 Å². The Balaban J connectivity index is 1.61. The summed E-state index contributed by atoms with van der Waals surface area (Å²) in [5, 5.41) is 2.89. The Hall–Kier alpha value is -2.46. The first-order valence-electron chi connectivity index (χ1n) is 10.2. The van der Waals surface area contributed by atoms with E-state index >= 15 is 0 Å². The topological polar surface area (TPSA) is 109 Å². The molecule has 4 rings (SSSR count). The highest BCUT2D eigenvalue weighted by Crippen LogP contribution is 2.34. The molecule has 2 aliphatic heterocycles. The van der Waals surface area contributed by atoms with Gasteiger partial charge in [0.1, 0.15) is 22.6 Å². The number of amides is 1. The molecule has 0 unspecified atom stereocenters. The van der Waals surface area contributed by atoms with E-state index in [4.69, 9.17) is 21.1 Å². The molecule has 11 heteroatoms. The second kappa shape index (κ2) is 7.90. The summed E-state index contributed by atoms with van der Waals surface area (Å²) in [5.41, 5.74) is -1.39. The van der Waals surface area contributed by atoms with Crippen LogP contribution >= 0.6 is 11.6 Å². The lowest BCUT2D eigenvalue weighted by atomic mass is 10.0. The third-order valence-corrected chi connectivity index (χ3v) is 5.86. The number of carbonyl (C=O) groups excluding carboxylic acids is 1. The highest BCUT2D eigenvalue weighted by Gasteiger charge is 2.48. The third kappa shape index (κ3) is 4.06. The van der Waals surface area contributed by atoms with Gasteiger partial charge in [-0.25, -0.2) is 14.2 Å². The molecule has 0 aromatic carbocycles. The minimum absolute atomic E-state index is 0.0505. The second-order valence-corrected chi connectivity index (χ2v) is 9.28. The van der Waals surface area contributed by atoms with Gasteiger partial charge in [-0.1, -0.05) is 11.6 Å². The quantitative estimate of drug-likeness (QED) is 0.687. The molecule has 2 aromatic heterocycles. The number of ether oxygens (including phenoxy) is 2. The maximum absolute atomic E-state index is 14.3. The first-order chi connectivity index (χ1) is 14.6. The summed E-state index contributed by atoms with van der Waals surface area (Å²) in [6, 6.07) is -0.348. The molecule has 4 atom stereocenters. The number of hydrogen-bond acceptors (Lipinski definition) is 7. The van der Waals surface area contributed by atoms with Crippen molar-refractivity contribution in [1.82, 2.24) is 25.2 Å². The predicted molar refractivity (Wildman–Crippen MR) is 112 cm³/mol. The summed E-state index contributed by atoms with van der Waals surface area (Å²) in [6.07, 6.45) is 1.87. The molecule has 0 spiro atoms. The Morgan fingerprint density at radius 2 is 2.13 bits per heavy atom. The maximum atomic E-state index is 14.3. The molecule has 2 bridgehead atoms. The van der Waals surface area contributed by atoms with Crippen molar-refractivity contribution in [1.29, 1.82) is 0 Å². The lowest BCUT2D eigenvalue weighted by molar-refractivity contribution is -0.00492. The van der Waals surface area contributed by atoms with Gasteiger partial charge in [0.15, 0.2) is 11.0 Å². The Labute approximate surface area is 183 Å². The minimum atomic E-state index is -0.881. The first-order valence-corrected chi connectivity index (χ1v) is 10.6. The average molecular weight is 454 g/mol. The number of nitrogens with one attached hydrogen (secondary N) is 2. The summed E-state index contributed by atoms with van der Waals surface area (Å²) >= 11 is 5.90. The number of carbonyl (C=O) groups is 1. The smallest absolute Gasteiger partial charge is 0.410 e. The van der Waals surface area contributed by atoms with Gasteiger partial charge in [0.05, 0.1) is 18.4 Å². The van der Waals surface area contributed by atoms with Crippen molar-refractivity contribution in [2.24, 2.45) is 0 Å².